The predicted octanol–water partition coefficient (Wildman–Crippen LogP) is 2.93. The Bertz CT molecular complexity index is 254. The van der Waals surface area contributed by atoms with Gasteiger partial charge in [-0.25, -0.2) is 0 Å². The summed E-state index contributed by atoms with van der Waals surface area (Å²) in [5, 5.41) is 0. The molecule has 0 N–H and O–H groups in total. The molecule has 17 heavy (non-hydrogen) atoms. The number of hydrogen-bond donors (Lipinski definition) is 0. The van der Waals surface area contributed by atoms with Crippen LogP contribution in [0.15, 0.2) is 12.2 Å². The number of Topliss-reactive ketones (excluding diaryl/α,β-unsaturated/α-hetero) is 1. The number of hydrogen-bond acceptors (Lipinski definition) is 3. The molecular formula is C14H24O3. The van der Waals surface area contributed by atoms with Crippen molar-refractivity contribution in [3.8, 4) is 0 Å². The third-order valence-corrected chi connectivity index (χ3v) is 2.20. The highest BCUT2D eigenvalue weighted by atomic mass is 16.5. The van der Waals surface area contributed by atoms with Gasteiger partial charge in [-0.15, -0.1) is 0 Å². The van der Waals surface area contributed by atoms with E-state index in [9.17, 15) is 9.59 Å². The molecule has 0 aliphatic heterocycles. The molecule has 0 aromatic heterocycles. The van der Waals surface area contributed by atoms with Gasteiger partial charge in [0.2, 0.25) is 0 Å². The van der Waals surface area contributed by atoms with Crippen molar-refractivity contribution in [3.05, 3.63) is 12.2 Å². The maximum Gasteiger partial charge on any atom is 0.155 e. The molecule has 0 bridgehead atoms. The summed E-state index contributed by atoms with van der Waals surface area (Å²) in [6, 6.07) is 0. The molecule has 0 fully saturated rings. The van der Waals surface area contributed by atoms with Crippen LogP contribution in [0.2, 0.25) is 0 Å². The van der Waals surface area contributed by atoms with Crippen LogP contribution < -0.4 is 0 Å². The van der Waals surface area contributed by atoms with Gasteiger partial charge in [0.15, 0.2) is 5.78 Å². The van der Waals surface area contributed by atoms with Crippen molar-refractivity contribution in [2.24, 2.45) is 5.92 Å². The van der Waals surface area contributed by atoms with Crippen molar-refractivity contribution >= 4 is 11.6 Å². The first-order valence-electron chi connectivity index (χ1n) is 6.30. The van der Waals surface area contributed by atoms with E-state index in [2.05, 4.69) is 0 Å². The van der Waals surface area contributed by atoms with Crippen molar-refractivity contribution in [1.82, 2.24) is 0 Å². The van der Waals surface area contributed by atoms with Gasteiger partial charge in [0, 0.05) is 26.1 Å². The Kier molecular flexibility index (Phi) is 9.63. The minimum atomic E-state index is 0.158. The number of carbonyl (C=O) groups is 2. The lowest BCUT2D eigenvalue weighted by Crippen LogP contribution is -2.02. The number of carbonyl (C=O) groups excluding carboxylic acids is 2. The monoisotopic (exact) mass is 240 g/mol. The molecule has 0 aliphatic rings. The summed E-state index contributed by atoms with van der Waals surface area (Å²) in [7, 11) is 0. The third kappa shape index (κ3) is 13.0. The molecule has 0 unspecified atom stereocenters. The fraction of sp³-hybridized carbons (Fsp3) is 0.714. The summed E-state index contributed by atoms with van der Waals surface area (Å²) in [6.07, 6.45) is 6.21. The molecule has 3 nitrogen and oxygen atoms in total. The van der Waals surface area contributed by atoms with Crippen LogP contribution in [-0.4, -0.2) is 24.8 Å². The normalized spacial score (nSPS) is 11.3. The van der Waals surface area contributed by atoms with E-state index in [-0.39, 0.29) is 11.6 Å². The Morgan fingerprint density at radius 1 is 1.12 bits per heavy atom. The standard InChI is InChI=1S/C14H24O3/c1-12(2)8-9-14(16)7-5-11-17-10-4-6-13(3)15/h8-9,12H,4-7,10-11H2,1-3H3/b9-8+. The molecule has 0 rings (SSSR count). The van der Waals surface area contributed by atoms with Crippen LogP contribution in [0.25, 0.3) is 0 Å². The Morgan fingerprint density at radius 3 is 2.24 bits per heavy atom. The predicted molar refractivity (Wildman–Crippen MR) is 69.0 cm³/mol. The van der Waals surface area contributed by atoms with E-state index in [0.717, 1.165) is 12.8 Å². The van der Waals surface area contributed by atoms with Crippen molar-refractivity contribution in [1.29, 1.82) is 0 Å². The van der Waals surface area contributed by atoms with Crippen molar-refractivity contribution in [2.75, 3.05) is 13.2 Å². The Morgan fingerprint density at radius 2 is 1.71 bits per heavy atom. The smallest absolute Gasteiger partial charge is 0.155 e. The second-order valence-corrected chi connectivity index (χ2v) is 4.59. The lowest BCUT2D eigenvalue weighted by Gasteiger charge is -2.02. The summed E-state index contributed by atoms with van der Waals surface area (Å²) >= 11 is 0. The van der Waals surface area contributed by atoms with Gasteiger partial charge in [-0.2, -0.15) is 0 Å². The van der Waals surface area contributed by atoms with Gasteiger partial charge < -0.3 is 9.53 Å². The minimum Gasteiger partial charge on any atom is -0.381 e. The van der Waals surface area contributed by atoms with Crippen LogP contribution in [-0.2, 0) is 14.3 Å². The Labute approximate surface area is 104 Å². The first kappa shape index (κ1) is 16.0. The van der Waals surface area contributed by atoms with Gasteiger partial charge in [-0.05, 0) is 31.8 Å². The van der Waals surface area contributed by atoms with E-state index in [1.807, 2.05) is 19.9 Å². The molecule has 0 atom stereocenters. The summed E-state index contributed by atoms with van der Waals surface area (Å²) < 4.78 is 5.33. The average molecular weight is 240 g/mol. The number of allylic oxidation sites excluding steroid dienone is 2. The van der Waals surface area contributed by atoms with Gasteiger partial charge in [-0.3, -0.25) is 4.79 Å². The van der Waals surface area contributed by atoms with Gasteiger partial charge in [0.05, 0.1) is 0 Å². The molecule has 0 radical (unpaired) electrons. The first-order chi connectivity index (χ1) is 8.02. The van der Waals surface area contributed by atoms with Gasteiger partial charge >= 0.3 is 0 Å². The van der Waals surface area contributed by atoms with Crippen LogP contribution >= 0.6 is 0 Å². The Balaban J connectivity index is 3.33. The summed E-state index contributed by atoms with van der Waals surface area (Å²) in [5.41, 5.74) is 0. The van der Waals surface area contributed by atoms with Gasteiger partial charge in [-0.1, -0.05) is 19.9 Å². The van der Waals surface area contributed by atoms with E-state index < -0.39 is 0 Å². The molecule has 3 heteroatoms. The van der Waals surface area contributed by atoms with Crippen molar-refractivity contribution < 1.29 is 14.3 Å². The van der Waals surface area contributed by atoms with Crippen molar-refractivity contribution in [3.63, 3.8) is 0 Å². The van der Waals surface area contributed by atoms with Crippen LogP contribution in [0.5, 0.6) is 0 Å². The molecule has 0 heterocycles. The summed E-state index contributed by atoms with van der Waals surface area (Å²) in [5.74, 6) is 0.774. The maximum absolute atomic E-state index is 11.3. The number of rotatable bonds is 10. The quantitative estimate of drug-likeness (QED) is 0.435. The topological polar surface area (TPSA) is 43.4 Å². The van der Waals surface area contributed by atoms with Crippen LogP contribution in [0, 0.1) is 5.92 Å². The maximum atomic E-state index is 11.3. The zero-order valence-corrected chi connectivity index (χ0v) is 11.2. The van der Waals surface area contributed by atoms with E-state index in [4.69, 9.17) is 4.74 Å². The minimum absolute atomic E-state index is 0.158. The second kappa shape index (κ2) is 10.2. The van der Waals surface area contributed by atoms with Crippen LogP contribution in [0.1, 0.15) is 46.5 Å². The molecule has 0 amide bonds. The highest BCUT2D eigenvalue weighted by Crippen LogP contribution is 1.99. The average Bonchev–Trinajstić information content (AvgIpc) is 2.24. The molecule has 0 saturated carbocycles. The molecule has 0 aromatic rings. The van der Waals surface area contributed by atoms with E-state index >= 15 is 0 Å². The van der Waals surface area contributed by atoms with Crippen LogP contribution in [0.4, 0.5) is 0 Å². The highest BCUT2D eigenvalue weighted by molar-refractivity contribution is 5.89. The highest BCUT2D eigenvalue weighted by Gasteiger charge is 1.98. The largest absolute Gasteiger partial charge is 0.381 e. The molecule has 0 aliphatic carbocycles. The first-order valence-corrected chi connectivity index (χ1v) is 6.30. The molecule has 98 valence electrons. The van der Waals surface area contributed by atoms with E-state index in [0.29, 0.717) is 32.0 Å². The Hall–Kier alpha value is -0.960. The summed E-state index contributed by atoms with van der Waals surface area (Å²) in [4.78, 5) is 22.0. The zero-order valence-electron chi connectivity index (χ0n) is 11.2. The van der Waals surface area contributed by atoms with E-state index in [1.54, 1.807) is 13.0 Å². The third-order valence-electron chi connectivity index (χ3n) is 2.20. The molecular weight excluding hydrogens is 216 g/mol. The number of ether oxygens (including phenoxy) is 1. The SMILES string of the molecule is CC(=O)CCCOCCCC(=O)/C=C/C(C)C. The molecule has 0 saturated heterocycles. The van der Waals surface area contributed by atoms with Crippen molar-refractivity contribution in [2.45, 2.75) is 46.5 Å². The fourth-order valence-electron chi connectivity index (χ4n) is 1.26. The zero-order chi connectivity index (χ0) is 13.1. The van der Waals surface area contributed by atoms with Gasteiger partial charge in [0.25, 0.3) is 0 Å². The van der Waals surface area contributed by atoms with E-state index in [1.165, 1.54) is 0 Å². The molecule has 0 spiro atoms. The molecule has 0 aromatic carbocycles. The summed E-state index contributed by atoms with van der Waals surface area (Å²) in [6.45, 7) is 6.87. The lowest BCUT2D eigenvalue weighted by atomic mass is 10.1. The van der Waals surface area contributed by atoms with Crippen LogP contribution in [0.3, 0.4) is 0 Å². The lowest BCUT2D eigenvalue weighted by molar-refractivity contribution is -0.117. The fourth-order valence-corrected chi connectivity index (χ4v) is 1.26. The second-order valence-electron chi connectivity index (χ2n) is 4.59. The van der Waals surface area contributed by atoms with Gasteiger partial charge in [0.1, 0.15) is 5.78 Å². The number of ketones is 2.